The van der Waals surface area contributed by atoms with E-state index in [0.717, 1.165) is 0 Å². The predicted octanol–water partition coefficient (Wildman–Crippen LogP) is 0.00250. The molecule has 3 amide bonds. The predicted molar refractivity (Wildman–Crippen MR) is 68.3 cm³/mol. The summed E-state index contributed by atoms with van der Waals surface area (Å²) in [6, 6.07) is -1.47. The fraction of sp³-hybridized carbons (Fsp3) is 0.750. The summed E-state index contributed by atoms with van der Waals surface area (Å²) in [5.74, 6) is -0.932. The van der Waals surface area contributed by atoms with Crippen LogP contribution in [-0.4, -0.2) is 47.0 Å². The van der Waals surface area contributed by atoms with Gasteiger partial charge in [-0.15, -0.1) is 0 Å². The molecule has 2 unspecified atom stereocenters. The molecule has 19 heavy (non-hydrogen) atoms. The molecular formula is C12H21N3O4. The fourth-order valence-electron chi connectivity index (χ4n) is 2.08. The minimum atomic E-state index is -1.16. The van der Waals surface area contributed by atoms with Crippen molar-refractivity contribution in [1.82, 2.24) is 10.2 Å². The molecule has 1 rings (SSSR count). The summed E-state index contributed by atoms with van der Waals surface area (Å²) in [6.07, 6.45) is -0.0561. The molecule has 108 valence electrons. The van der Waals surface area contributed by atoms with Crippen LogP contribution in [0.1, 0.15) is 26.7 Å². The maximum absolute atomic E-state index is 11.9. The van der Waals surface area contributed by atoms with E-state index in [1.807, 2.05) is 0 Å². The molecule has 1 aliphatic rings. The quantitative estimate of drug-likeness (QED) is 0.653. The maximum Gasteiger partial charge on any atom is 0.326 e. The number of likely N-dealkylation sites (tertiary alicyclic amines) is 1. The van der Waals surface area contributed by atoms with Gasteiger partial charge in [0.25, 0.3) is 0 Å². The molecule has 0 aromatic heterocycles. The van der Waals surface area contributed by atoms with Crippen molar-refractivity contribution in [1.29, 1.82) is 0 Å². The zero-order chi connectivity index (χ0) is 14.6. The molecule has 1 saturated heterocycles. The number of carbonyl (C=O) groups is 3. The van der Waals surface area contributed by atoms with Crippen LogP contribution in [0.5, 0.6) is 0 Å². The van der Waals surface area contributed by atoms with Gasteiger partial charge in [-0.3, -0.25) is 4.79 Å². The Bertz CT molecular complexity index is 362. The number of carboxylic acid groups (broad SMARTS) is 1. The van der Waals surface area contributed by atoms with Crippen LogP contribution < -0.4 is 11.1 Å². The Labute approximate surface area is 112 Å². The van der Waals surface area contributed by atoms with Gasteiger partial charge < -0.3 is 21.1 Å². The maximum atomic E-state index is 11.9. The van der Waals surface area contributed by atoms with Crippen LogP contribution in [0.15, 0.2) is 0 Å². The molecule has 0 bridgehead atoms. The van der Waals surface area contributed by atoms with E-state index in [2.05, 4.69) is 19.2 Å². The number of nitrogens with one attached hydrogen (secondary N) is 1. The standard InChI is InChI=1S/C12H21N3O4/c1-7-5-15(6-8(7)2)12(19)14-9(11(17)18)3-4-10(13)16/h7-9H,3-6H2,1-2H3,(H2,13,16)(H,14,19)(H,17,18)/t7?,8?,9-/m1/s1. The Morgan fingerprint density at radius 2 is 1.84 bits per heavy atom. The summed E-state index contributed by atoms with van der Waals surface area (Å²) in [5, 5.41) is 11.4. The molecule has 0 aliphatic carbocycles. The van der Waals surface area contributed by atoms with Crippen molar-refractivity contribution in [2.24, 2.45) is 17.6 Å². The molecule has 4 N–H and O–H groups in total. The first kappa shape index (κ1) is 15.3. The van der Waals surface area contributed by atoms with Crippen molar-refractivity contribution >= 4 is 17.9 Å². The summed E-state index contributed by atoms with van der Waals surface area (Å²) in [5.41, 5.74) is 4.98. The van der Waals surface area contributed by atoms with Crippen molar-refractivity contribution in [3.63, 3.8) is 0 Å². The lowest BCUT2D eigenvalue weighted by Crippen LogP contribution is -2.47. The molecule has 7 heteroatoms. The number of nitrogens with zero attached hydrogens (tertiary/aromatic N) is 1. The van der Waals surface area contributed by atoms with Crippen LogP contribution in [0.3, 0.4) is 0 Å². The van der Waals surface area contributed by atoms with Crippen LogP contribution in [0.4, 0.5) is 4.79 Å². The average molecular weight is 271 g/mol. The first-order chi connectivity index (χ1) is 8.81. The molecular weight excluding hydrogens is 250 g/mol. The van der Waals surface area contributed by atoms with Crippen LogP contribution >= 0.6 is 0 Å². The second-order valence-corrected chi connectivity index (χ2v) is 5.20. The van der Waals surface area contributed by atoms with Crippen molar-refractivity contribution in [2.45, 2.75) is 32.7 Å². The van der Waals surface area contributed by atoms with Gasteiger partial charge in [-0.05, 0) is 18.3 Å². The molecule has 0 spiro atoms. The van der Waals surface area contributed by atoms with E-state index < -0.39 is 23.9 Å². The lowest BCUT2D eigenvalue weighted by Gasteiger charge is -2.20. The van der Waals surface area contributed by atoms with E-state index in [9.17, 15) is 14.4 Å². The number of amides is 3. The molecule has 1 heterocycles. The first-order valence-corrected chi connectivity index (χ1v) is 6.37. The van der Waals surface area contributed by atoms with Gasteiger partial charge in [-0.1, -0.05) is 13.8 Å². The second-order valence-electron chi connectivity index (χ2n) is 5.20. The highest BCUT2D eigenvalue weighted by Gasteiger charge is 2.31. The zero-order valence-electron chi connectivity index (χ0n) is 11.3. The highest BCUT2D eigenvalue weighted by Crippen LogP contribution is 2.21. The summed E-state index contributed by atoms with van der Waals surface area (Å²) in [7, 11) is 0. The van der Waals surface area contributed by atoms with Crippen molar-refractivity contribution in [3.05, 3.63) is 0 Å². The number of carbonyl (C=O) groups excluding carboxylic acids is 2. The lowest BCUT2D eigenvalue weighted by molar-refractivity contribution is -0.139. The third-order valence-electron chi connectivity index (χ3n) is 3.55. The number of nitrogens with two attached hydrogens (primary N) is 1. The van der Waals surface area contributed by atoms with Gasteiger partial charge in [0, 0.05) is 19.5 Å². The summed E-state index contributed by atoms with van der Waals surface area (Å²) < 4.78 is 0. The molecule has 3 atom stereocenters. The molecule has 1 aliphatic heterocycles. The van der Waals surface area contributed by atoms with E-state index in [-0.39, 0.29) is 12.8 Å². The molecule has 1 fully saturated rings. The molecule has 0 saturated carbocycles. The first-order valence-electron chi connectivity index (χ1n) is 6.37. The number of primary amides is 1. The molecule has 0 radical (unpaired) electrons. The summed E-state index contributed by atoms with van der Waals surface area (Å²) >= 11 is 0. The van der Waals surface area contributed by atoms with E-state index >= 15 is 0 Å². The van der Waals surface area contributed by atoms with E-state index in [1.165, 1.54) is 0 Å². The van der Waals surface area contributed by atoms with E-state index in [0.29, 0.717) is 24.9 Å². The van der Waals surface area contributed by atoms with Gasteiger partial charge in [0.2, 0.25) is 5.91 Å². The average Bonchev–Trinajstić information content (AvgIpc) is 2.64. The van der Waals surface area contributed by atoms with Crippen molar-refractivity contribution in [3.8, 4) is 0 Å². The van der Waals surface area contributed by atoms with Crippen molar-refractivity contribution in [2.75, 3.05) is 13.1 Å². The topological polar surface area (TPSA) is 113 Å². The van der Waals surface area contributed by atoms with Gasteiger partial charge in [0.05, 0.1) is 0 Å². The van der Waals surface area contributed by atoms with E-state index in [1.54, 1.807) is 4.90 Å². The Morgan fingerprint density at radius 3 is 2.26 bits per heavy atom. The number of rotatable bonds is 5. The van der Waals surface area contributed by atoms with E-state index in [4.69, 9.17) is 10.8 Å². The molecule has 0 aromatic rings. The summed E-state index contributed by atoms with van der Waals surface area (Å²) in [4.78, 5) is 35.2. The van der Waals surface area contributed by atoms with Crippen LogP contribution in [-0.2, 0) is 9.59 Å². The Hall–Kier alpha value is -1.79. The largest absolute Gasteiger partial charge is 0.480 e. The van der Waals surface area contributed by atoms with Gasteiger partial charge in [0.1, 0.15) is 6.04 Å². The highest BCUT2D eigenvalue weighted by molar-refractivity contribution is 5.83. The third kappa shape index (κ3) is 4.42. The molecule has 0 aromatic carbocycles. The normalized spacial score (nSPS) is 24.0. The fourth-order valence-corrected chi connectivity index (χ4v) is 2.08. The van der Waals surface area contributed by atoms with Gasteiger partial charge in [0.15, 0.2) is 0 Å². The van der Waals surface area contributed by atoms with Gasteiger partial charge in [-0.25, -0.2) is 9.59 Å². The number of hydrogen-bond donors (Lipinski definition) is 3. The van der Waals surface area contributed by atoms with Gasteiger partial charge >= 0.3 is 12.0 Å². The molecule has 7 nitrogen and oxygen atoms in total. The Kier molecular flexibility index (Phi) is 5.14. The van der Waals surface area contributed by atoms with Gasteiger partial charge in [-0.2, -0.15) is 0 Å². The minimum Gasteiger partial charge on any atom is -0.480 e. The third-order valence-corrected chi connectivity index (χ3v) is 3.55. The zero-order valence-corrected chi connectivity index (χ0v) is 11.3. The van der Waals surface area contributed by atoms with Crippen LogP contribution in [0.2, 0.25) is 0 Å². The number of aliphatic carboxylic acids is 1. The monoisotopic (exact) mass is 271 g/mol. The lowest BCUT2D eigenvalue weighted by atomic mass is 10.0. The summed E-state index contributed by atoms with van der Waals surface area (Å²) in [6.45, 7) is 5.35. The SMILES string of the molecule is CC1CN(C(=O)N[C@H](CCC(N)=O)C(=O)O)CC1C. The number of hydrogen-bond acceptors (Lipinski definition) is 3. The second kappa shape index (κ2) is 6.40. The minimum absolute atomic E-state index is 0.00928. The Morgan fingerprint density at radius 1 is 1.32 bits per heavy atom. The Balaban J connectivity index is 2.52. The number of urea groups is 1. The van der Waals surface area contributed by atoms with Crippen molar-refractivity contribution < 1.29 is 19.5 Å². The number of carboxylic acids is 1. The highest BCUT2D eigenvalue weighted by atomic mass is 16.4. The van der Waals surface area contributed by atoms with Crippen LogP contribution in [0.25, 0.3) is 0 Å². The smallest absolute Gasteiger partial charge is 0.326 e. The van der Waals surface area contributed by atoms with Crippen LogP contribution in [0, 0.1) is 11.8 Å².